The lowest BCUT2D eigenvalue weighted by Gasteiger charge is -2.15. The summed E-state index contributed by atoms with van der Waals surface area (Å²) in [6.45, 7) is 1.78. The number of carbonyl (C=O) groups is 1. The van der Waals surface area contributed by atoms with E-state index < -0.39 is 23.6 Å². The molecular weight excluding hydrogens is 554 g/mol. The molecule has 0 atom stereocenters. The van der Waals surface area contributed by atoms with Crippen molar-refractivity contribution in [3.8, 4) is 34.0 Å². The van der Waals surface area contributed by atoms with Crippen LogP contribution < -0.4 is 21.1 Å². The molecule has 0 spiro atoms. The van der Waals surface area contributed by atoms with Gasteiger partial charge in [0.1, 0.15) is 17.4 Å². The van der Waals surface area contributed by atoms with E-state index in [1.165, 1.54) is 30.7 Å². The summed E-state index contributed by atoms with van der Waals surface area (Å²) in [7, 11) is 0. The van der Waals surface area contributed by atoms with Crippen molar-refractivity contribution in [2.75, 3.05) is 16.4 Å². The Morgan fingerprint density at radius 1 is 0.810 bits per heavy atom. The van der Waals surface area contributed by atoms with Crippen LogP contribution >= 0.6 is 0 Å². The Morgan fingerprint density at radius 2 is 1.52 bits per heavy atom. The van der Waals surface area contributed by atoms with Gasteiger partial charge in [0.15, 0.2) is 0 Å². The Labute approximate surface area is 236 Å². The van der Waals surface area contributed by atoms with Crippen LogP contribution in [0.3, 0.4) is 0 Å². The molecule has 5 rings (SSSR count). The number of alkyl halides is 3. The molecule has 0 saturated heterocycles. The molecule has 4 N–H and O–H groups in total. The highest BCUT2D eigenvalue weighted by Crippen LogP contribution is 2.36. The summed E-state index contributed by atoms with van der Waals surface area (Å²) < 4.78 is 59.3. The Bertz CT molecular complexity index is 1730. The number of nitrogen functional groups attached to an aromatic ring is 1. The van der Waals surface area contributed by atoms with Crippen molar-refractivity contribution in [3.05, 3.63) is 103 Å². The number of aromatic nitrogens is 4. The number of aryl methyl sites for hydroxylation is 1. The van der Waals surface area contributed by atoms with Crippen molar-refractivity contribution in [1.82, 2.24) is 19.9 Å². The molecular formula is C29H21F4N7O2. The highest BCUT2D eigenvalue weighted by atomic mass is 19.4. The maximum absolute atomic E-state index is 13.5. The fourth-order valence-corrected chi connectivity index (χ4v) is 3.91. The Kier molecular flexibility index (Phi) is 7.65. The molecule has 9 nitrogen and oxygen atoms in total. The number of halogens is 4. The predicted octanol–water partition coefficient (Wildman–Crippen LogP) is 7.09. The number of nitrogens with one attached hydrogen (secondary N) is 2. The van der Waals surface area contributed by atoms with Crippen LogP contribution in [0.15, 0.2) is 85.5 Å². The lowest BCUT2D eigenvalue weighted by atomic mass is 10.0. The van der Waals surface area contributed by atoms with Crippen molar-refractivity contribution in [2.24, 2.45) is 0 Å². The fourth-order valence-electron chi connectivity index (χ4n) is 3.91. The molecule has 0 unspecified atom stereocenters. The summed E-state index contributed by atoms with van der Waals surface area (Å²) in [4.78, 5) is 28.8. The molecule has 212 valence electrons. The van der Waals surface area contributed by atoms with Gasteiger partial charge in [-0.15, -0.1) is 0 Å². The first-order valence-electron chi connectivity index (χ1n) is 12.3. The third kappa shape index (κ3) is 6.58. The molecule has 13 heteroatoms. The molecule has 0 saturated carbocycles. The summed E-state index contributed by atoms with van der Waals surface area (Å²) in [6, 6.07) is 13.5. The van der Waals surface area contributed by atoms with Crippen LogP contribution in [0.25, 0.3) is 22.3 Å². The molecule has 0 aliphatic rings. The number of carbonyl (C=O) groups excluding carboxylic acids is 1. The molecule has 0 radical (unpaired) electrons. The van der Waals surface area contributed by atoms with Crippen LogP contribution in [0.4, 0.5) is 39.5 Å². The Morgan fingerprint density at radius 3 is 2.19 bits per heavy atom. The van der Waals surface area contributed by atoms with Crippen molar-refractivity contribution in [3.63, 3.8) is 0 Å². The van der Waals surface area contributed by atoms with E-state index in [-0.39, 0.29) is 23.2 Å². The summed E-state index contributed by atoms with van der Waals surface area (Å²) in [5, 5.41) is 4.95. The number of urea groups is 1. The van der Waals surface area contributed by atoms with Gasteiger partial charge in [0, 0.05) is 28.6 Å². The average Bonchev–Trinajstić information content (AvgIpc) is 2.96. The minimum Gasteiger partial charge on any atom is -0.424 e. The van der Waals surface area contributed by atoms with Gasteiger partial charge in [-0.1, -0.05) is 24.3 Å². The van der Waals surface area contributed by atoms with Crippen molar-refractivity contribution >= 4 is 23.2 Å². The molecule has 0 fully saturated rings. The third-order valence-electron chi connectivity index (χ3n) is 5.96. The number of hydrogen-bond acceptors (Lipinski definition) is 7. The second-order valence-corrected chi connectivity index (χ2v) is 8.99. The standard InChI is InChI=1S/C29H21F4N7O2/c1-16-2-3-18(12-35-16)23-9-6-19(29(31,32)33)10-25(23)40-27(41)39-21-14-37-28(38-15-21)42-22-7-4-17(5-8-22)24-11-20(30)13-36-26(24)34/h2-15H,1H3,(H2,34,36)(H2,39,40,41). The van der Waals surface area contributed by atoms with Gasteiger partial charge < -0.3 is 21.1 Å². The fraction of sp³-hybridized carbons (Fsp3) is 0.0690. The van der Waals surface area contributed by atoms with Crippen LogP contribution in [-0.4, -0.2) is 26.0 Å². The van der Waals surface area contributed by atoms with Crippen molar-refractivity contribution in [2.45, 2.75) is 13.1 Å². The number of ether oxygens (including phenoxy) is 1. The number of anilines is 3. The highest BCUT2D eigenvalue weighted by molar-refractivity contribution is 6.02. The maximum atomic E-state index is 13.5. The maximum Gasteiger partial charge on any atom is 0.416 e. The van der Waals surface area contributed by atoms with E-state index in [2.05, 4.69) is 30.6 Å². The summed E-state index contributed by atoms with van der Waals surface area (Å²) >= 11 is 0. The molecule has 0 bridgehead atoms. The van der Waals surface area contributed by atoms with Crippen LogP contribution in [0.2, 0.25) is 0 Å². The number of hydrogen-bond donors (Lipinski definition) is 3. The van der Waals surface area contributed by atoms with Gasteiger partial charge in [0.05, 0.1) is 35.5 Å². The van der Waals surface area contributed by atoms with E-state index in [1.54, 1.807) is 43.3 Å². The van der Waals surface area contributed by atoms with E-state index in [4.69, 9.17) is 10.5 Å². The van der Waals surface area contributed by atoms with Crippen LogP contribution in [0, 0.1) is 12.7 Å². The molecule has 2 aromatic carbocycles. The van der Waals surface area contributed by atoms with Crippen LogP contribution in [0.1, 0.15) is 11.3 Å². The Hall–Kier alpha value is -5.59. The normalized spacial score (nSPS) is 11.2. The van der Waals surface area contributed by atoms with Gasteiger partial charge in [-0.25, -0.2) is 24.1 Å². The van der Waals surface area contributed by atoms with Crippen LogP contribution in [0.5, 0.6) is 11.8 Å². The highest BCUT2D eigenvalue weighted by Gasteiger charge is 2.31. The quantitative estimate of drug-likeness (QED) is 0.185. The molecule has 3 aromatic heterocycles. The van der Waals surface area contributed by atoms with Gasteiger partial charge >= 0.3 is 18.2 Å². The van der Waals surface area contributed by atoms with E-state index in [0.717, 1.165) is 24.0 Å². The van der Waals surface area contributed by atoms with Gasteiger partial charge in [-0.2, -0.15) is 13.2 Å². The van der Waals surface area contributed by atoms with E-state index >= 15 is 0 Å². The van der Waals surface area contributed by atoms with E-state index in [9.17, 15) is 22.4 Å². The Balaban J connectivity index is 1.26. The number of benzene rings is 2. The van der Waals surface area contributed by atoms with Crippen molar-refractivity contribution in [1.29, 1.82) is 0 Å². The number of amides is 2. The first kappa shape index (κ1) is 28.0. The first-order valence-corrected chi connectivity index (χ1v) is 12.3. The molecule has 0 aliphatic heterocycles. The van der Waals surface area contributed by atoms with E-state index in [0.29, 0.717) is 28.0 Å². The summed E-state index contributed by atoms with van der Waals surface area (Å²) in [6.07, 6.45) is 0.473. The lowest BCUT2D eigenvalue weighted by Crippen LogP contribution is -2.20. The zero-order valence-corrected chi connectivity index (χ0v) is 21.8. The zero-order chi connectivity index (χ0) is 29.9. The third-order valence-corrected chi connectivity index (χ3v) is 5.96. The first-order chi connectivity index (χ1) is 20.0. The van der Waals surface area contributed by atoms with Gasteiger partial charge in [-0.3, -0.25) is 4.98 Å². The smallest absolute Gasteiger partial charge is 0.416 e. The number of nitrogens with two attached hydrogens (primary N) is 1. The average molecular weight is 576 g/mol. The zero-order valence-electron chi connectivity index (χ0n) is 21.8. The van der Waals surface area contributed by atoms with Crippen LogP contribution in [-0.2, 0) is 6.18 Å². The molecule has 0 aliphatic carbocycles. The minimum absolute atomic E-state index is 0.0346. The molecule has 42 heavy (non-hydrogen) atoms. The van der Waals surface area contributed by atoms with E-state index in [1.807, 2.05) is 0 Å². The largest absolute Gasteiger partial charge is 0.424 e. The monoisotopic (exact) mass is 575 g/mol. The minimum atomic E-state index is -4.61. The number of rotatable bonds is 6. The molecule has 5 aromatic rings. The SMILES string of the molecule is Cc1ccc(-c2ccc(C(F)(F)F)cc2NC(=O)Nc2cnc(Oc3ccc(-c4cc(F)cnc4N)cc3)nc2)cn1. The van der Waals surface area contributed by atoms with Gasteiger partial charge in [0.25, 0.3) is 0 Å². The molecule has 3 heterocycles. The predicted molar refractivity (Wildman–Crippen MR) is 148 cm³/mol. The summed E-state index contributed by atoms with van der Waals surface area (Å²) in [5.41, 5.74) is 7.67. The second-order valence-electron chi connectivity index (χ2n) is 8.99. The molecule has 2 amide bonds. The topological polar surface area (TPSA) is 128 Å². The van der Waals surface area contributed by atoms with Gasteiger partial charge in [0.2, 0.25) is 0 Å². The number of nitrogens with zero attached hydrogens (tertiary/aromatic N) is 4. The lowest BCUT2D eigenvalue weighted by molar-refractivity contribution is -0.137. The second kappa shape index (κ2) is 11.5. The number of pyridine rings is 2. The van der Waals surface area contributed by atoms with Gasteiger partial charge in [-0.05, 0) is 48.9 Å². The van der Waals surface area contributed by atoms with Crippen molar-refractivity contribution < 1.29 is 27.1 Å². The summed E-state index contributed by atoms with van der Waals surface area (Å²) in [5.74, 6) is 0.0360.